The second-order valence-corrected chi connectivity index (χ2v) is 6.26. The van der Waals surface area contributed by atoms with Gasteiger partial charge in [-0.3, -0.25) is 9.69 Å². The predicted octanol–water partition coefficient (Wildman–Crippen LogP) is 0.958. The topological polar surface area (TPSA) is 43.8 Å². The van der Waals surface area contributed by atoms with E-state index < -0.39 is 0 Å². The van der Waals surface area contributed by atoms with Gasteiger partial charge >= 0.3 is 0 Å². The van der Waals surface area contributed by atoms with Crippen LogP contribution in [0.25, 0.3) is 0 Å². The molecule has 2 aliphatic heterocycles. The molecule has 104 valence electrons. The molecule has 0 saturated carbocycles. The van der Waals surface area contributed by atoms with Crippen molar-refractivity contribution < 1.29 is 9.90 Å². The molecule has 2 saturated heterocycles. The Kier molecular flexibility index (Phi) is 3.86. The van der Waals surface area contributed by atoms with E-state index in [1.54, 1.807) is 11.3 Å². The van der Waals surface area contributed by atoms with Crippen molar-refractivity contribution >= 4 is 17.2 Å². The highest BCUT2D eigenvalue weighted by atomic mass is 32.1. The van der Waals surface area contributed by atoms with Crippen LogP contribution in [0.1, 0.15) is 18.4 Å². The van der Waals surface area contributed by atoms with Gasteiger partial charge in [-0.15, -0.1) is 0 Å². The lowest BCUT2D eigenvalue weighted by Gasteiger charge is -2.25. The van der Waals surface area contributed by atoms with Crippen molar-refractivity contribution in [3.05, 3.63) is 22.4 Å². The second kappa shape index (κ2) is 5.61. The van der Waals surface area contributed by atoms with Crippen LogP contribution in [-0.2, 0) is 11.2 Å². The quantitative estimate of drug-likeness (QED) is 0.897. The van der Waals surface area contributed by atoms with E-state index in [0.29, 0.717) is 19.5 Å². The lowest BCUT2D eigenvalue weighted by Crippen LogP contribution is -2.41. The molecule has 2 unspecified atom stereocenters. The van der Waals surface area contributed by atoms with Crippen LogP contribution in [0.4, 0.5) is 0 Å². The molecule has 2 atom stereocenters. The van der Waals surface area contributed by atoms with E-state index in [0.717, 1.165) is 18.7 Å². The van der Waals surface area contributed by atoms with E-state index in [4.69, 9.17) is 0 Å². The minimum Gasteiger partial charge on any atom is -0.390 e. The summed E-state index contributed by atoms with van der Waals surface area (Å²) in [5.74, 6) is 0.138. The first-order valence-corrected chi connectivity index (χ1v) is 7.89. The summed E-state index contributed by atoms with van der Waals surface area (Å²) in [6.45, 7) is 3.30. The number of hydrogen-bond donors (Lipinski definition) is 1. The van der Waals surface area contributed by atoms with Gasteiger partial charge in [0.1, 0.15) is 0 Å². The largest absolute Gasteiger partial charge is 0.390 e. The lowest BCUT2D eigenvalue weighted by atomic mass is 10.2. The Bertz CT molecular complexity index is 429. The Morgan fingerprint density at radius 3 is 2.84 bits per heavy atom. The summed E-state index contributed by atoms with van der Waals surface area (Å²) in [6.07, 6.45) is 2.51. The number of rotatable bonds is 3. The fraction of sp³-hybridized carbons (Fsp3) is 0.643. The molecule has 0 aliphatic carbocycles. The van der Waals surface area contributed by atoms with E-state index in [-0.39, 0.29) is 18.1 Å². The molecule has 1 aromatic heterocycles. The van der Waals surface area contributed by atoms with Crippen molar-refractivity contribution in [1.29, 1.82) is 0 Å². The fourth-order valence-corrected chi connectivity index (χ4v) is 3.75. The number of carbonyl (C=O) groups is 1. The number of thiophene rings is 1. The standard InChI is InChI=1S/C14H20N2O2S/c17-13-9-16(8-12(13)15-4-1-2-5-15)14(18)7-11-3-6-19-10-11/h3,6,10,12-13,17H,1-2,4-5,7-9H2. The van der Waals surface area contributed by atoms with Gasteiger partial charge in [-0.25, -0.2) is 0 Å². The number of carbonyl (C=O) groups excluding carboxylic acids is 1. The normalized spacial score (nSPS) is 28.2. The van der Waals surface area contributed by atoms with Crippen molar-refractivity contribution in [3.8, 4) is 0 Å². The summed E-state index contributed by atoms with van der Waals surface area (Å²) in [5.41, 5.74) is 1.08. The average molecular weight is 280 g/mol. The van der Waals surface area contributed by atoms with Crippen LogP contribution in [0.3, 0.4) is 0 Å². The highest BCUT2D eigenvalue weighted by molar-refractivity contribution is 7.07. The van der Waals surface area contributed by atoms with Gasteiger partial charge < -0.3 is 10.0 Å². The van der Waals surface area contributed by atoms with Crippen molar-refractivity contribution in [2.24, 2.45) is 0 Å². The molecule has 1 aromatic rings. The number of likely N-dealkylation sites (tertiary alicyclic amines) is 2. The zero-order valence-corrected chi connectivity index (χ0v) is 11.8. The Balaban J connectivity index is 1.59. The molecular weight excluding hydrogens is 260 g/mol. The molecular formula is C14H20N2O2S. The molecule has 1 N–H and O–H groups in total. The molecule has 2 aliphatic rings. The van der Waals surface area contributed by atoms with Crippen LogP contribution in [0.2, 0.25) is 0 Å². The van der Waals surface area contributed by atoms with Gasteiger partial charge in [0.25, 0.3) is 0 Å². The van der Waals surface area contributed by atoms with Gasteiger partial charge in [0.15, 0.2) is 0 Å². The minimum atomic E-state index is -0.385. The third kappa shape index (κ3) is 2.83. The molecule has 5 heteroatoms. The van der Waals surface area contributed by atoms with Crippen molar-refractivity contribution in [3.63, 3.8) is 0 Å². The zero-order chi connectivity index (χ0) is 13.2. The van der Waals surface area contributed by atoms with Crippen molar-refractivity contribution in [2.45, 2.75) is 31.4 Å². The smallest absolute Gasteiger partial charge is 0.227 e. The number of nitrogens with zero attached hydrogens (tertiary/aromatic N) is 2. The Morgan fingerprint density at radius 1 is 1.37 bits per heavy atom. The monoisotopic (exact) mass is 280 g/mol. The van der Waals surface area contributed by atoms with E-state index >= 15 is 0 Å². The number of β-amino-alcohol motifs (C(OH)–C–C–N with tert-alkyl or cyclic N) is 1. The van der Waals surface area contributed by atoms with Gasteiger partial charge in [0.05, 0.1) is 18.6 Å². The van der Waals surface area contributed by atoms with Crippen LogP contribution in [-0.4, -0.2) is 59.1 Å². The fourth-order valence-electron chi connectivity index (χ4n) is 3.08. The summed E-state index contributed by atoms with van der Waals surface area (Å²) in [4.78, 5) is 16.4. The SMILES string of the molecule is O=C(Cc1ccsc1)N1CC(O)C(N2CCCC2)C1. The molecule has 19 heavy (non-hydrogen) atoms. The molecule has 4 nitrogen and oxygen atoms in total. The summed E-state index contributed by atoms with van der Waals surface area (Å²) in [6, 6.07) is 2.14. The van der Waals surface area contributed by atoms with E-state index in [1.807, 2.05) is 21.7 Å². The average Bonchev–Trinajstić information content (AvgIpc) is 3.07. The highest BCUT2D eigenvalue weighted by Gasteiger charge is 2.38. The second-order valence-electron chi connectivity index (χ2n) is 5.48. The summed E-state index contributed by atoms with van der Waals surface area (Å²) < 4.78 is 0. The molecule has 0 spiro atoms. The number of amides is 1. The van der Waals surface area contributed by atoms with Gasteiger partial charge in [-0.2, -0.15) is 11.3 Å². The first kappa shape index (κ1) is 13.1. The Morgan fingerprint density at radius 2 is 2.16 bits per heavy atom. The highest BCUT2D eigenvalue weighted by Crippen LogP contribution is 2.21. The van der Waals surface area contributed by atoms with Crippen LogP contribution in [0.5, 0.6) is 0 Å². The number of hydrogen-bond acceptors (Lipinski definition) is 4. The van der Waals surface area contributed by atoms with E-state index in [1.165, 1.54) is 12.8 Å². The molecule has 2 fully saturated rings. The van der Waals surface area contributed by atoms with Crippen LogP contribution in [0, 0.1) is 0 Å². The molecule has 0 bridgehead atoms. The van der Waals surface area contributed by atoms with Gasteiger partial charge in [0.2, 0.25) is 5.91 Å². The predicted molar refractivity (Wildman–Crippen MR) is 75.2 cm³/mol. The van der Waals surface area contributed by atoms with Crippen LogP contribution in [0.15, 0.2) is 16.8 Å². The first-order valence-electron chi connectivity index (χ1n) is 6.95. The summed E-state index contributed by atoms with van der Waals surface area (Å²) >= 11 is 1.62. The van der Waals surface area contributed by atoms with Gasteiger partial charge in [0, 0.05) is 13.1 Å². The number of aliphatic hydroxyl groups is 1. The Labute approximate surface area is 117 Å². The molecule has 3 heterocycles. The van der Waals surface area contributed by atoms with Crippen LogP contribution < -0.4 is 0 Å². The number of aliphatic hydroxyl groups excluding tert-OH is 1. The molecule has 0 aromatic carbocycles. The molecule has 1 amide bonds. The van der Waals surface area contributed by atoms with Crippen LogP contribution >= 0.6 is 11.3 Å². The zero-order valence-electron chi connectivity index (χ0n) is 11.0. The van der Waals surface area contributed by atoms with Gasteiger partial charge in [-0.05, 0) is 48.3 Å². The van der Waals surface area contributed by atoms with E-state index in [9.17, 15) is 9.90 Å². The van der Waals surface area contributed by atoms with Crippen molar-refractivity contribution in [2.75, 3.05) is 26.2 Å². The minimum absolute atomic E-state index is 0.138. The maximum absolute atomic E-state index is 12.2. The summed E-state index contributed by atoms with van der Waals surface area (Å²) in [5, 5.41) is 14.2. The first-order chi connectivity index (χ1) is 9.24. The third-order valence-corrected chi connectivity index (χ3v) is 4.89. The molecule has 0 radical (unpaired) electrons. The summed E-state index contributed by atoms with van der Waals surface area (Å²) in [7, 11) is 0. The lowest BCUT2D eigenvalue weighted by molar-refractivity contribution is -0.129. The van der Waals surface area contributed by atoms with E-state index in [2.05, 4.69) is 4.90 Å². The maximum atomic E-state index is 12.2. The Hall–Kier alpha value is -0.910. The van der Waals surface area contributed by atoms with Crippen molar-refractivity contribution in [1.82, 2.24) is 9.80 Å². The maximum Gasteiger partial charge on any atom is 0.227 e. The third-order valence-electron chi connectivity index (χ3n) is 4.16. The molecule has 3 rings (SSSR count). The van der Waals surface area contributed by atoms with Gasteiger partial charge in [-0.1, -0.05) is 0 Å².